The van der Waals surface area contributed by atoms with Crippen LogP contribution in [0.25, 0.3) is 10.9 Å². The average molecular weight is 205 g/mol. The molecule has 15 heavy (non-hydrogen) atoms. The first-order chi connectivity index (χ1) is 7.09. The molecule has 0 fully saturated rings. The third-order valence-corrected chi connectivity index (χ3v) is 2.28. The van der Waals surface area contributed by atoms with Crippen molar-refractivity contribution in [2.75, 3.05) is 0 Å². The monoisotopic (exact) mass is 205 g/mol. The van der Waals surface area contributed by atoms with Crippen molar-refractivity contribution < 1.29 is 4.92 Å². The van der Waals surface area contributed by atoms with Crippen LogP contribution in [0.1, 0.15) is 19.9 Å². The Kier molecular flexibility index (Phi) is 2.15. The SMILES string of the molecule is CC(C)n1ncc2cc([N+](=O)[O-])ccc21. The molecule has 0 N–H and O–H groups in total. The summed E-state index contributed by atoms with van der Waals surface area (Å²) in [5.41, 5.74) is 1.03. The number of benzene rings is 1. The highest BCUT2D eigenvalue weighted by Gasteiger charge is 2.10. The molecule has 0 saturated heterocycles. The quantitative estimate of drug-likeness (QED) is 0.559. The number of rotatable bonds is 2. The number of hydrogen-bond acceptors (Lipinski definition) is 3. The topological polar surface area (TPSA) is 61.0 Å². The molecule has 0 saturated carbocycles. The van der Waals surface area contributed by atoms with Gasteiger partial charge in [-0.3, -0.25) is 14.8 Å². The van der Waals surface area contributed by atoms with Crippen LogP contribution in [0.3, 0.4) is 0 Å². The van der Waals surface area contributed by atoms with E-state index in [9.17, 15) is 10.1 Å². The summed E-state index contributed by atoms with van der Waals surface area (Å²) in [4.78, 5) is 10.2. The molecule has 0 radical (unpaired) electrons. The fourth-order valence-electron chi connectivity index (χ4n) is 1.57. The number of hydrogen-bond donors (Lipinski definition) is 0. The largest absolute Gasteiger partial charge is 0.270 e. The third kappa shape index (κ3) is 1.56. The van der Waals surface area contributed by atoms with Gasteiger partial charge in [-0.05, 0) is 19.9 Å². The van der Waals surface area contributed by atoms with Gasteiger partial charge >= 0.3 is 0 Å². The maximum Gasteiger partial charge on any atom is 0.270 e. The van der Waals surface area contributed by atoms with Crippen LogP contribution in [0, 0.1) is 10.1 Å². The van der Waals surface area contributed by atoms with Crippen LogP contribution in [0.5, 0.6) is 0 Å². The summed E-state index contributed by atoms with van der Waals surface area (Å²) in [6, 6.07) is 5.04. The van der Waals surface area contributed by atoms with E-state index < -0.39 is 4.92 Å². The zero-order chi connectivity index (χ0) is 11.0. The Bertz CT molecular complexity index is 516. The van der Waals surface area contributed by atoms with Gasteiger partial charge in [0.1, 0.15) is 0 Å². The van der Waals surface area contributed by atoms with Crippen molar-refractivity contribution in [3.8, 4) is 0 Å². The molecule has 0 amide bonds. The van der Waals surface area contributed by atoms with Crippen LogP contribution in [0.2, 0.25) is 0 Å². The lowest BCUT2D eigenvalue weighted by molar-refractivity contribution is -0.384. The lowest BCUT2D eigenvalue weighted by Gasteiger charge is -2.06. The molecule has 0 bridgehead atoms. The minimum absolute atomic E-state index is 0.103. The van der Waals surface area contributed by atoms with Gasteiger partial charge in [0, 0.05) is 23.6 Å². The first kappa shape index (κ1) is 9.64. The van der Waals surface area contributed by atoms with Crippen LogP contribution in [-0.2, 0) is 0 Å². The number of nitro benzene ring substituents is 1. The summed E-state index contributed by atoms with van der Waals surface area (Å²) in [6.07, 6.45) is 1.66. The van der Waals surface area contributed by atoms with Crippen LogP contribution < -0.4 is 0 Å². The summed E-state index contributed by atoms with van der Waals surface area (Å²) < 4.78 is 1.85. The maximum atomic E-state index is 10.6. The van der Waals surface area contributed by atoms with Crippen molar-refractivity contribution in [1.82, 2.24) is 9.78 Å². The fourth-order valence-corrected chi connectivity index (χ4v) is 1.57. The van der Waals surface area contributed by atoms with Crippen LogP contribution >= 0.6 is 0 Å². The zero-order valence-electron chi connectivity index (χ0n) is 8.54. The molecule has 0 aliphatic rings. The van der Waals surface area contributed by atoms with E-state index in [-0.39, 0.29) is 11.7 Å². The number of nitrogens with zero attached hydrogens (tertiary/aromatic N) is 3. The van der Waals surface area contributed by atoms with Crippen LogP contribution in [0.4, 0.5) is 5.69 Å². The number of fused-ring (bicyclic) bond motifs is 1. The molecule has 2 aromatic rings. The average Bonchev–Trinajstić information content (AvgIpc) is 2.59. The Morgan fingerprint density at radius 1 is 1.47 bits per heavy atom. The van der Waals surface area contributed by atoms with Crippen molar-refractivity contribution in [2.24, 2.45) is 0 Å². The van der Waals surface area contributed by atoms with Gasteiger partial charge in [-0.25, -0.2) is 0 Å². The van der Waals surface area contributed by atoms with Gasteiger partial charge in [-0.2, -0.15) is 5.10 Å². The van der Waals surface area contributed by atoms with Gasteiger partial charge in [0.15, 0.2) is 0 Å². The summed E-state index contributed by atoms with van der Waals surface area (Å²) in [7, 11) is 0. The Morgan fingerprint density at radius 3 is 2.80 bits per heavy atom. The molecular formula is C10H11N3O2. The molecule has 78 valence electrons. The predicted octanol–water partition coefficient (Wildman–Crippen LogP) is 2.53. The van der Waals surface area contributed by atoms with E-state index in [1.165, 1.54) is 6.07 Å². The van der Waals surface area contributed by atoms with Crippen LogP contribution in [-0.4, -0.2) is 14.7 Å². The molecular weight excluding hydrogens is 194 g/mol. The highest BCUT2D eigenvalue weighted by molar-refractivity contribution is 5.81. The molecule has 5 nitrogen and oxygen atoms in total. The van der Waals surface area contributed by atoms with Gasteiger partial charge in [0.25, 0.3) is 5.69 Å². The van der Waals surface area contributed by atoms with Gasteiger partial charge < -0.3 is 0 Å². The Morgan fingerprint density at radius 2 is 2.20 bits per heavy atom. The molecule has 0 spiro atoms. The molecule has 0 aliphatic carbocycles. The van der Waals surface area contributed by atoms with Gasteiger partial charge in [-0.15, -0.1) is 0 Å². The lowest BCUT2D eigenvalue weighted by atomic mass is 10.2. The lowest BCUT2D eigenvalue weighted by Crippen LogP contribution is -2.01. The van der Waals surface area contributed by atoms with E-state index in [1.807, 2.05) is 18.5 Å². The smallest absolute Gasteiger partial charge is 0.262 e. The summed E-state index contributed by atoms with van der Waals surface area (Å²) in [5, 5.41) is 15.6. The van der Waals surface area contributed by atoms with E-state index in [0.29, 0.717) is 0 Å². The Hall–Kier alpha value is -1.91. The Balaban J connectivity index is 2.61. The predicted molar refractivity (Wildman–Crippen MR) is 56.8 cm³/mol. The van der Waals surface area contributed by atoms with Crippen molar-refractivity contribution in [3.05, 3.63) is 34.5 Å². The van der Waals surface area contributed by atoms with Gasteiger partial charge in [-0.1, -0.05) is 0 Å². The maximum absolute atomic E-state index is 10.6. The van der Waals surface area contributed by atoms with E-state index >= 15 is 0 Å². The molecule has 5 heteroatoms. The molecule has 0 atom stereocenters. The first-order valence-electron chi connectivity index (χ1n) is 4.71. The van der Waals surface area contributed by atoms with Crippen molar-refractivity contribution in [2.45, 2.75) is 19.9 Å². The third-order valence-electron chi connectivity index (χ3n) is 2.28. The second-order valence-corrected chi connectivity index (χ2v) is 3.68. The second kappa shape index (κ2) is 3.34. The summed E-state index contributed by atoms with van der Waals surface area (Å²) in [5.74, 6) is 0. The molecule has 1 aromatic heterocycles. The molecule has 0 aliphatic heterocycles. The Labute approximate surface area is 86.5 Å². The molecule has 0 unspecified atom stereocenters. The fraction of sp³-hybridized carbons (Fsp3) is 0.300. The molecule has 2 rings (SSSR count). The number of aromatic nitrogens is 2. The summed E-state index contributed by atoms with van der Waals surface area (Å²) in [6.45, 7) is 4.04. The van der Waals surface area contributed by atoms with Gasteiger partial charge in [0.05, 0.1) is 16.6 Å². The highest BCUT2D eigenvalue weighted by atomic mass is 16.6. The zero-order valence-corrected chi connectivity index (χ0v) is 8.54. The normalized spacial score (nSPS) is 11.1. The standard InChI is InChI=1S/C10H11N3O2/c1-7(2)12-10-4-3-9(13(14)15)5-8(10)6-11-12/h3-7H,1-2H3. The molecule has 1 aromatic carbocycles. The van der Waals surface area contributed by atoms with E-state index in [0.717, 1.165) is 10.9 Å². The first-order valence-corrected chi connectivity index (χ1v) is 4.71. The number of non-ortho nitro benzene ring substituents is 1. The van der Waals surface area contributed by atoms with Crippen LogP contribution in [0.15, 0.2) is 24.4 Å². The summed E-state index contributed by atoms with van der Waals surface area (Å²) >= 11 is 0. The van der Waals surface area contributed by atoms with Gasteiger partial charge in [0.2, 0.25) is 0 Å². The van der Waals surface area contributed by atoms with E-state index in [2.05, 4.69) is 5.10 Å². The van der Waals surface area contributed by atoms with Crippen molar-refractivity contribution in [1.29, 1.82) is 0 Å². The van der Waals surface area contributed by atoms with E-state index in [1.54, 1.807) is 18.3 Å². The number of nitro groups is 1. The molecule has 1 heterocycles. The highest BCUT2D eigenvalue weighted by Crippen LogP contribution is 2.22. The minimum atomic E-state index is -0.397. The minimum Gasteiger partial charge on any atom is -0.262 e. The van der Waals surface area contributed by atoms with Crippen molar-refractivity contribution in [3.63, 3.8) is 0 Å². The second-order valence-electron chi connectivity index (χ2n) is 3.68. The van der Waals surface area contributed by atoms with Crippen molar-refractivity contribution >= 4 is 16.6 Å². The van der Waals surface area contributed by atoms with E-state index in [4.69, 9.17) is 0 Å².